The maximum absolute atomic E-state index is 13.0. The molecule has 0 amide bonds. The fraction of sp³-hybridized carbons (Fsp3) is 0.125. The number of halogens is 2. The highest BCUT2D eigenvalue weighted by Crippen LogP contribution is 2.23. The molecule has 0 radical (unpaired) electrons. The van der Waals surface area contributed by atoms with E-state index in [0.717, 1.165) is 5.56 Å². The molecule has 3 nitrogen and oxygen atoms in total. The summed E-state index contributed by atoms with van der Waals surface area (Å²) in [6.45, 7) is 1.77. The van der Waals surface area contributed by atoms with E-state index in [2.05, 4.69) is 26.7 Å². The number of hydrogen-bond acceptors (Lipinski definition) is 2. The molecule has 0 aliphatic rings. The molecule has 0 aliphatic carbocycles. The number of thiocarbonyl (C=S) groups is 1. The zero-order valence-electron chi connectivity index (χ0n) is 7.40. The number of rotatable bonds is 1. The number of aryl methyl sites for hydroxylation is 1. The van der Waals surface area contributed by atoms with E-state index in [-0.39, 0.29) is 10.9 Å². The Morgan fingerprint density at radius 3 is 2.79 bits per heavy atom. The molecule has 0 unspecified atom stereocenters. The fourth-order valence-corrected chi connectivity index (χ4v) is 1.39. The van der Waals surface area contributed by atoms with Crippen LogP contribution in [0, 0.1) is 12.7 Å². The van der Waals surface area contributed by atoms with Crippen molar-refractivity contribution in [1.29, 1.82) is 0 Å². The Morgan fingerprint density at radius 1 is 1.57 bits per heavy atom. The molecule has 76 valence electrons. The Morgan fingerprint density at radius 2 is 2.21 bits per heavy atom. The van der Waals surface area contributed by atoms with Gasteiger partial charge < -0.3 is 10.7 Å². The van der Waals surface area contributed by atoms with Crippen molar-refractivity contribution >= 4 is 38.9 Å². The van der Waals surface area contributed by atoms with Crippen molar-refractivity contribution in [1.82, 2.24) is 5.43 Å². The van der Waals surface area contributed by atoms with Gasteiger partial charge in [0.05, 0.1) is 4.47 Å². The van der Waals surface area contributed by atoms with Crippen LogP contribution in [0.2, 0.25) is 0 Å². The third-order valence-electron chi connectivity index (χ3n) is 1.65. The minimum absolute atomic E-state index is 0.284. The molecule has 0 aromatic heterocycles. The Balaban J connectivity index is 2.98. The number of hydrogen-bond donors (Lipinski definition) is 3. The van der Waals surface area contributed by atoms with Crippen molar-refractivity contribution in [2.75, 3.05) is 5.32 Å². The number of benzene rings is 1. The summed E-state index contributed by atoms with van der Waals surface area (Å²) in [5.74, 6) is 4.79. The topological polar surface area (TPSA) is 50.1 Å². The summed E-state index contributed by atoms with van der Waals surface area (Å²) >= 11 is 7.90. The lowest BCUT2D eigenvalue weighted by atomic mass is 10.2. The van der Waals surface area contributed by atoms with Gasteiger partial charge in [0.15, 0.2) is 5.11 Å². The average Bonchev–Trinajstić information content (AvgIpc) is 2.14. The Kier molecular flexibility index (Phi) is 3.79. The Hall–Kier alpha value is -0.720. The van der Waals surface area contributed by atoms with Crippen LogP contribution < -0.4 is 16.6 Å². The van der Waals surface area contributed by atoms with Crippen LogP contribution in [-0.2, 0) is 0 Å². The van der Waals surface area contributed by atoms with E-state index in [4.69, 9.17) is 18.1 Å². The van der Waals surface area contributed by atoms with Gasteiger partial charge in [0.25, 0.3) is 0 Å². The molecule has 0 bridgehead atoms. The fourth-order valence-electron chi connectivity index (χ4n) is 0.939. The van der Waals surface area contributed by atoms with Crippen LogP contribution >= 0.6 is 28.1 Å². The summed E-state index contributed by atoms with van der Waals surface area (Å²) in [6.07, 6.45) is 0. The third-order valence-corrected chi connectivity index (χ3v) is 2.47. The van der Waals surface area contributed by atoms with Gasteiger partial charge in [0.1, 0.15) is 5.82 Å². The maximum Gasteiger partial charge on any atom is 0.185 e. The molecule has 1 aromatic rings. The van der Waals surface area contributed by atoms with Crippen LogP contribution in [0.4, 0.5) is 10.1 Å². The zero-order valence-corrected chi connectivity index (χ0v) is 9.80. The summed E-state index contributed by atoms with van der Waals surface area (Å²) in [4.78, 5) is 0. The van der Waals surface area contributed by atoms with E-state index in [1.807, 2.05) is 0 Å². The molecular weight excluding hydrogens is 269 g/mol. The molecule has 0 atom stereocenters. The molecule has 0 saturated carbocycles. The van der Waals surface area contributed by atoms with Crippen molar-refractivity contribution in [2.24, 2.45) is 5.84 Å². The average molecular weight is 278 g/mol. The molecule has 6 heteroatoms. The summed E-state index contributed by atoms with van der Waals surface area (Å²) < 4.78 is 13.4. The Bertz CT molecular complexity index is 370. The van der Waals surface area contributed by atoms with Crippen molar-refractivity contribution in [3.05, 3.63) is 28.0 Å². The van der Waals surface area contributed by atoms with Gasteiger partial charge in [-0.25, -0.2) is 10.2 Å². The van der Waals surface area contributed by atoms with Crippen LogP contribution in [0.1, 0.15) is 5.56 Å². The van der Waals surface area contributed by atoms with Crippen molar-refractivity contribution in [3.63, 3.8) is 0 Å². The largest absolute Gasteiger partial charge is 0.331 e. The van der Waals surface area contributed by atoms with Gasteiger partial charge in [-0.15, -0.1) is 0 Å². The van der Waals surface area contributed by atoms with Crippen LogP contribution in [0.5, 0.6) is 0 Å². The lowest BCUT2D eigenvalue weighted by Gasteiger charge is -2.10. The molecule has 4 N–H and O–H groups in total. The van der Waals surface area contributed by atoms with Gasteiger partial charge in [0, 0.05) is 5.69 Å². The second-order valence-electron chi connectivity index (χ2n) is 2.68. The zero-order chi connectivity index (χ0) is 10.7. The monoisotopic (exact) mass is 277 g/mol. The molecule has 0 heterocycles. The highest BCUT2D eigenvalue weighted by molar-refractivity contribution is 9.10. The highest BCUT2D eigenvalue weighted by Gasteiger charge is 2.05. The van der Waals surface area contributed by atoms with Crippen LogP contribution in [0.15, 0.2) is 16.6 Å². The van der Waals surface area contributed by atoms with Crippen LogP contribution in [-0.4, -0.2) is 5.11 Å². The lowest BCUT2D eigenvalue weighted by Crippen LogP contribution is -2.34. The SMILES string of the molecule is Cc1cc(F)c(Br)cc1NC(=S)NN. The third kappa shape index (κ3) is 2.63. The second kappa shape index (κ2) is 4.68. The van der Waals surface area contributed by atoms with Gasteiger partial charge in [-0.1, -0.05) is 0 Å². The highest BCUT2D eigenvalue weighted by atomic mass is 79.9. The van der Waals surface area contributed by atoms with E-state index in [0.29, 0.717) is 10.2 Å². The first kappa shape index (κ1) is 11.4. The standard InChI is InChI=1S/C8H9BrFN3S/c1-4-2-6(10)5(9)3-7(4)12-8(14)13-11/h2-3H,11H2,1H3,(H2,12,13,14). The predicted octanol–water partition coefficient (Wildman–Crippen LogP) is 2.06. The molecule has 1 rings (SSSR count). The molecule has 0 aliphatic heterocycles. The van der Waals surface area contributed by atoms with Gasteiger partial charge in [0.2, 0.25) is 0 Å². The number of nitrogens with two attached hydrogens (primary N) is 1. The first-order chi connectivity index (χ1) is 6.54. The quantitative estimate of drug-likeness (QED) is 0.418. The van der Waals surface area contributed by atoms with E-state index in [1.54, 1.807) is 13.0 Å². The maximum atomic E-state index is 13.0. The first-order valence-corrected chi connectivity index (χ1v) is 4.98. The summed E-state index contributed by atoms with van der Waals surface area (Å²) in [6, 6.07) is 3.01. The predicted molar refractivity (Wildman–Crippen MR) is 62.4 cm³/mol. The van der Waals surface area contributed by atoms with Crippen LogP contribution in [0.25, 0.3) is 0 Å². The van der Waals surface area contributed by atoms with Gasteiger partial charge in [-0.2, -0.15) is 0 Å². The van der Waals surface area contributed by atoms with E-state index in [1.165, 1.54) is 6.07 Å². The molecule has 0 spiro atoms. The van der Waals surface area contributed by atoms with Gasteiger partial charge in [-0.05, 0) is 52.8 Å². The minimum atomic E-state index is -0.306. The van der Waals surface area contributed by atoms with Crippen molar-refractivity contribution in [2.45, 2.75) is 6.92 Å². The van der Waals surface area contributed by atoms with Gasteiger partial charge >= 0.3 is 0 Å². The molecule has 1 aromatic carbocycles. The Labute approximate surface area is 95.0 Å². The summed E-state index contributed by atoms with van der Waals surface area (Å²) in [7, 11) is 0. The molecule has 0 saturated heterocycles. The summed E-state index contributed by atoms with van der Waals surface area (Å²) in [5.41, 5.74) is 3.75. The van der Waals surface area contributed by atoms with Crippen molar-refractivity contribution in [3.8, 4) is 0 Å². The summed E-state index contributed by atoms with van der Waals surface area (Å²) in [5, 5.41) is 3.11. The number of nitrogens with one attached hydrogen (secondary N) is 2. The normalized spacial score (nSPS) is 9.71. The number of hydrazine groups is 1. The molecular formula is C8H9BrFN3S. The van der Waals surface area contributed by atoms with E-state index in [9.17, 15) is 4.39 Å². The molecule has 0 fully saturated rings. The minimum Gasteiger partial charge on any atom is -0.331 e. The van der Waals surface area contributed by atoms with Crippen LogP contribution in [0.3, 0.4) is 0 Å². The number of anilines is 1. The smallest absolute Gasteiger partial charge is 0.185 e. The van der Waals surface area contributed by atoms with E-state index >= 15 is 0 Å². The second-order valence-corrected chi connectivity index (χ2v) is 3.94. The molecule has 14 heavy (non-hydrogen) atoms. The van der Waals surface area contributed by atoms with E-state index < -0.39 is 0 Å². The first-order valence-electron chi connectivity index (χ1n) is 3.78. The van der Waals surface area contributed by atoms with Gasteiger partial charge in [-0.3, -0.25) is 0 Å². The van der Waals surface area contributed by atoms with Crippen molar-refractivity contribution < 1.29 is 4.39 Å². The lowest BCUT2D eigenvalue weighted by molar-refractivity contribution is 0.620.